The zero-order valence-electron chi connectivity index (χ0n) is 14.1. The first kappa shape index (κ1) is 17.6. The van der Waals surface area contributed by atoms with Crippen molar-refractivity contribution in [2.45, 2.75) is 37.0 Å². The van der Waals surface area contributed by atoms with E-state index in [1.54, 1.807) is 10.4 Å². The average Bonchev–Trinajstić information content (AvgIpc) is 3.12. The number of ether oxygens (including phenoxy) is 1. The van der Waals surface area contributed by atoms with Crippen LogP contribution in [0.3, 0.4) is 0 Å². The van der Waals surface area contributed by atoms with Gasteiger partial charge in [0.1, 0.15) is 4.21 Å². The van der Waals surface area contributed by atoms with Gasteiger partial charge in [-0.25, -0.2) is 8.42 Å². The molecule has 1 aliphatic rings. The Labute approximate surface area is 148 Å². The largest absolute Gasteiger partial charge is 0.371 e. The van der Waals surface area contributed by atoms with Crippen molar-refractivity contribution in [2.75, 3.05) is 19.7 Å². The fourth-order valence-electron chi connectivity index (χ4n) is 2.83. The quantitative estimate of drug-likeness (QED) is 0.813. The van der Waals surface area contributed by atoms with Crippen LogP contribution in [0.2, 0.25) is 0 Å². The fourth-order valence-corrected chi connectivity index (χ4v) is 5.70. The molecule has 24 heavy (non-hydrogen) atoms. The Morgan fingerprint density at radius 2 is 1.88 bits per heavy atom. The maximum Gasteiger partial charge on any atom is 0.252 e. The predicted octanol–water partition coefficient (Wildman–Crippen LogP) is 3.64. The van der Waals surface area contributed by atoms with Gasteiger partial charge in [0.05, 0.1) is 12.7 Å². The predicted molar refractivity (Wildman–Crippen MR) is 97.0 cm³/mol. The van der Waals surface area contributed by atoms with Crippen molar-refractivity contribution in [3.8, 4) is 0 Å². The molecule has 1 aromatic carbocycles. The number of benzene rings is 1. The van der Waals surface area contributed by atoms with E-state index in [0.29, 0.717) is 23.9 Å². The molecule has 1 atom stereocenters. The topological polar surface area (TPSA) is 46.6 Å². The van der Waals surface area contributed by atoms with Crippen LogP contribution in [0.15, 0.2) is 40.6 Å². The van der Waals surface area contributed by atoms with Crippen LogP contribution in [-0.4, -0.2) is 32.4 Å². The fraction of sp³-hybridized carbons (Fsp3) is 0.444. The highest BCUT2D eigenvalue weighted by atomic mass is 32.2. The summed E-state index contributed by atoms with van der Waals surface area (Å²) < 4.78 is 33.6. The van der Waals surface area contributed by atoms with Crippen molar-refractivity contribution in [3.05, 3.63) is 52.4 Å². The number of morpholine rings is 1. The number of aryl methyl sites for hydroxylation is 2. The Morgan fingerprint density at radius 3 is 2.50 bits per heavy atom. The Balaban J connectivity index is 1.79. The molecule has 3 rings (SSSR count). The van der Waals surface area contributed by atoms with Crippen LogP contribution in [-0.2, 0) is 27.6 Å². The minimum Gasteiger partial charge on any atom is -0.371 e. The Kier molecular flexibility index (Phi) is 5.39. The lowest BCUT2D eigenvalue weighted by Gasteiger charge is -2.32. The maximum absolute atomic E-state index is 12.9. The first-order valence-electron chi connectivity index (χ1n) is 8.34. The Bertz CT molecular complexity index is 781. The molecule has 2 heterocycles. The third kappa shape index (κ3) is 3.57. The summed E-state index contributed by atoms with van der Waals surface area (Å²) in [5, 5.41) is 0. The third-order valence-electron chi connectivity index (χ3n) is 4.37. The normalized spacial score (nSPS) is 19.5. The van der Waals surface area contributed by atoms with Crippen molar-refractivity contribution in [2.24, 2.45) is 0 Å². The lowest BCUT2D eigenvalue weighted by Crippen LogP contribution is -2.41. The van der Waals surface area contributed by atoms with Gasteiger partial charge in [0.25, 0.3) is 10.0 Å². The molecule has 0 amide bonds. The molecule has 0 saturated carbocycles. The van der Waals surface area contributed by atoms with Gasteiger partial charge in [0.15, 0.2) is 0 Å². The third-order valence-corrected chi connectivity index (χ3v) is 7.93. The summed E-state index contributed by atoms with van der Waals surface area (Å²) in [5.41, 5.74) is 2.30. The summed E-state index contributed by atoms with van der Waals surface area (Å²) in [6.45, 7) is 5.35. The highest BCUT2D eigenvalue weighted by molar-refractivity contribution is 7.91. The van der Waals surface area contributed by atoms with E-state index in [1.807, 2.05) is 25.1 Å². The zero-order valence-corrected chi connectivity index (χ0v) is 15.7. The standard InChI is InChI=1S/C18H23NO3S2/c1-3-14-5-7-15(8-6-14)17-13-19(11-12-22-17)24(20,21)18-10-9-16(4-2)23-18/h5-10,17H,3-4,11-13H2,1-2H3. The number of rotatable bonds is 5. The Morgan fingerprint density at radius 1 is 1.12 bits per heavy atom. The van der Waals surface area contributed by atoms with Crippen LogP contribution in [0.5, 0.6) is 0 Å². The van der Waals surface area contributed by atoms with Gasteiger partial charge in [0.2, 0.25) is 0 Å². The summed E-state index contributed by atoms with van der Waals surface area (Å²) >= 11 is 1.36. The van der Waals surface area contributed by atoms with E-state index in [2.05, 4.69) is 19.1 Å². The van der Waals surface area contributed by atoms with E-state index in [4.69, 9.17) is 4.74 Å². The van der Waals surface area contributed by atoms with Gasteiger partial charge in [0, 0.05) is 18.0 Å². The van der Waals surface area contributed by atoms with E-state index >= 15 is 0 Å². The first-order chi connectivity index (χ1) is 11.5. The van der Waals surface area contributed by atoms with Gasteiger partial charge in [-0.05, 0) is 36.1 Å². The van der Waals surface area contributed by atoms with E-state index in [1.165, 1.54) is 16.9 Å². The molecule has 1 fully saturated rings. The van der Waals surface area contributed by atoms with Gasteiger partial charge in [-0.2, -0.15) is 4.31 Å². The summed E-state index contributed by atoms with van der Waals surface area (Å²) in [6, 6.07) is 11.9. The molecule has 0 bridgehead atoms. The molecule has 0 spiro atoms. The van der Waals surface area contributed by atoms with E-state index < -0.39 is 10.0 Å². The maximum atomic E-state index is 12.9. The van der Waals surface area contributed by atoms with E-state index in [9.17, 15) is 8.42 Å². The molecule has 1 aromatic heterocycles. The highest BCUT2D eigenvalue weighted by Gasteiger charge is 2.32. The van der Waals surface area contributed by atoms with E-state index in [-0.39, 0.29) is 6.10 Å². The summed E-state index contributed by atoms with van der Waals surface area (Å²) in [6.07, 6.45) is 1.64. The van der Waals surface area contributed by atoms with Gasteiger partial charge in [-0.1, -0.05) is 38.1 Å². The molecule has 0 N–H and O–H groups in total. The monoisotopic (exact) mass is 365 g/mol. The minimum absolute atomic E-state index is 0.204. The second-order valence-electron chi connectivity index (χ2n) is 5.89. The van der Waals surface area contributed by atoms with Crippen LogP contribution < -0.4 is 0 Å². The molecule has 0 radical (unpaired) electrons. The van der Waals surface area contributed by atoms with E-state index in [0.717, 1.165) is 23.3 Å². The molecule has 1 unspecified atom stereocenters. The average molecular weight is 366 g/mol. The second kappa shape index (κ2) is 7.35. The van der Waals surface area contributed by atoms with Crippen molar-refractivity contribution in [1.29, 1.82) is 0 Å². The van der Waals surface area contributed by atoms with Gasteiger partial charge < -0.3 is 4.74 Å². The molecular formula is C18H23NO3S2. The molecule has 4 nitrogen and oxygen atoms in total. The molecule has 130 valence electrons. The highest BCUT2D eigenvalue weighted by Crippen LogP contribution is 2.30. The van der Waals surface area contributed by atoms with Crippen LogP contribution in [0.4, 0.5) is 0 Å². The van der Waals surface area contributed by atoms with Gasteiger partial charge in [-0.15, -0.1) is 11.3 Å². The van der Waals surface area contributed by atoms with Gasteiger partial charge >= 0.3 is 0 Å². The van der Waals surface area contributed by atoms with Crippen LogP contribution in [0.1, 0.15) is 36.0 Å². The molecule has 6 heteroatoms. The smallest absolute Gasteiger partial charge is 0.252 e. The minimum atomic E-state index is -3.43. The van der Waals surface area contributed by atoms with Gasteiger partial charge in [-0.3, -0.25) is 0 Å². The molecule has 1 saturated heterocycles. The summed E-state index contributed by atoms with van der Waals surface area (Å²) in [5.74, 6) is 0. The number of hydrogen-bond donors (Lipinski definition) is 0. The zero-order chi connectivity index (χ0) is 17.2. The number of sulfonamides is 1. The van der Waals surface area contributed by atoms with Crippen LogP contribution >= 0.6 is 11.3 Å². The summed E-state index contributed by atoms with van der Waals surface area (Å²) in [4.78, 5) is 1.09. The molecule has 2 aromatic rings. The number of thiophene rings is 1. The molecule has 0 aliphatic carbocycles. The lowest BCUT2D eigenvalue weighted by molar-refractivity contribution is -0.00250. The van der Waals surface area contributed by atoms with Crippen molar-refractivity contribution in [1.82, 2.24) is 4.31 Å². The van der Waals surface area contributed by atoms with Crippen LogP contribution in [0.25, 0.3) is 0 Å². The number of hydrogen-bond acceptors (Lipinski definition) is 4. The van der Waals surface area contributed by atoms with Crippen LogP contribution in [0, 0.1) is 0 Å². The van der Waals surface area contributed by atoms with Crippen molar-refractivity contribution in [3.63, 3.8) is 0 Å². The SMILES string of the molecule is CCc1ccc(C2CN(S(=O)(=O)c3ccc(CC)s3)CCO2)cc1. The number of nitrogens with zero attached hydrogens (tertiary/aromatic N) is 1. The summed E-state index contributed by atoms with van der Waals surface area (Å²) in [7, 11) is -3.43. The van der Waals surface area contributed by atoms with Crippen molar-refractivity contribution >= 4 is 21.4 Å². The molecular weight excluding hydrogens is 342 g/mol. The molecule has 1 aliphatic heterocycles. The van der Waals surface area contributed by atoms with Crippen molar-refractivity contribution < 1.29 is 13.2 Å². The second-order valence-corrected chi connectivity index (χ2v) is 9.23. The first-order valence-corrected chi connectivity index (χ1v) is 10.6. The lowest BCUT2D eigenvalue weighted by atomic mass is 10.1. The Hall–Kier alpha value is -1.21.